The van der Waals surface area contributed by atoms with E-state index >= 15 is 0 Å². The van der Waals surface area contributed by atoms with Crippen molar-refractivity contribution in [2.75, 3.05) is 0 Å². The molecule has 88 valence electrons. The zero-order chi connectivity index (χ0) is 12.3. The lowest BCUT2D eigenvalue weighted by molar-refractivity contribution is 0.112. The largest absolute Gasteiger partial charge is 0.487 e. The summed E-state index contributed by atoms with van der Waals surface area (Å²) in [5, 5.41) is 4.20. The molecule has 0 atom stereocenters. The highest BCUT2D eigenvalue weighted by molar-refractivity contribution is 9.10. The molecule has 1 heterocycles. The van der Waals surface area contributed by atoms with Crippen LogP contribution in [0.3, 0.4) is 0 Å². The molecule has 0 aliphatic rings. The van der Waals surface area contributed by atoms with E-state index in [1.54, 1.807) is 22.9 Å². The number of halogens is 1. The van der Waals surface area contributed by atoms with Gasteiger partial charge in [-0.15, -0.1) is 0 Å². The summed E-state index contributed by atoms with van der Waals surface area (Å²) in [7, 11) is 1.85. The van der Waals surface area contributed by atoms with E-state index in [4.69, 9.17) is 4.74 Å². The average molecular weight is 295 g/mol. The van der Waals surface area contributed by atoms with Gasteiger partial charge in [-0.25, -0.2) is 0 Å². The highest BCUT2D eigenvalue weighted by Gasteiger charge is 2.03. The number of carbonyl (C=O) groups excluding carboxylic acids is 1. The van der Waals surface area contributed by atoms with Gasteiger partial charge in [-0.2, -0.15) is 5.10 Å². The number of benzene rings is 1. The Balaban J connectivity index is 2.06. The molecule has 0 unspecified atom stereocenters. The number of aromatic nitrogens is 2. The molecule has 0 radical (unpaired) electrons. The van der Waals surface area contributed by atoms with Crippen LogP contribution in [0.15, 0.2) is 34.9 Å². The van der Waals surface area contributed by atoms with Gasteiger partial charge in [-0.3, -0.25) is 9.48 Å². The zero-order valence-electron chi connectivity index (χ0n) is 9.26. The van der Waals surface area contributed by atoms with Crippen molar-refractivity contribution in [1.29, 1.82) is 0 Å². The second-order valence-corrected chi connectivity index (χ2v) is 4.42. The number of rotatable bonds is 4. The summed E-state index contributed by atoms with van der Waals surface area (Å²) < 4.78 is 8.03. The summed E-state index contributed by atoms with van der Waals surface area (Å²) in [6, 6.07) is 7.18. The van der Waals surface area contributed by atoms with Gasteiger partial charge in [0.25, 0.3) is 0 Å². The third-order valence-corrected chi connectivity index (χ3v) is 2.97. The van der Waals surface area contributed by atoms with Gasteiger partial charge in [0.2, 0.25) is 0 Å². The van der Waals surface area contributed by atoms with Gasteiger partial charge in [0.1, 0.15) is 12.4 Å². The highest BCUT2D eigenvalue weighted by atomic mass is 79.9. The Hall–Kier alpha value is -1.62. The van der Waals surface area contributed by atoms with Crippen LogP contribution in [0.4, 0.5) is 0 Å². The molecule has 1 aromatic carbocycles. The first kappa shape index (κ1) is 11.9. The van der Waals surface area contributed by atoms with Crippen molar-refractivity contribution in [2.45, 2.75) is 6.61 Å². The van der Waals surface area contributed by atoms with Gasteiger partial charge in [0.15, 0.2) is 6.29 Å². The Morgan fingerprint density at radius 2 is 2.29 bits per heavy atom. The molecule has 2 aromatic rings. The number of nitrogens with zero attached hydrogens (tertiary/aromatic N) is 2. The number of hydrogen-bond donors (Lipinski definition) is 0. The Morgan fingerprint density at radius 1 is 1.47 bits per heavy atom. The molecule has 0 N–H and O–H groups in total. The third kappa shape index (κ3) is 2.94. The first-order valence-electron chi connectivity index (χ1n) is 5.05. The molecule has 0 amide bonds. The van der Waals surface area contributed by atoms with Gasteiger partial charge < -0.3 is 4.74 Å². The van der Waals surface area contributed by atoms with E-state index < -0.39 is 0 Å². The molecule has 0 aliphatic carbocycles. The molecule has 0 fully saturated rings. The van der Waals surface area contributed by atoms with E-state index in [0.717, 1.165) is 16.5 Å². The molecule has 4 nitrogen and oxygen atoms in total. The van der Waals surface area contributed by atoms with Crippen molar-refractivity contribution in [3.05, 3.63) is 46.2 Å². The van der Waals surface area contributed by atoms with Crippen molar-refractivity contribution in [3.8, 4) is 5.75 Å². The van der Waals surface area contributed by atoms with Crippen LogP contribution < -0.4 is 4.74 Å². The van der Waals surface area contributed by atoms with Gasteiger partial charge in [-0.1, -0.05) is 15.9 Å². The van der Waals surface area contributed by atoms with Crippen LogP contribution in [-0.4, -0.2) is 16.1 Å². The fourth-order valence-electron chi connectivity index (χ4n) is 1.40. The van der Waals surface area contributed by atoms with Crippen LogP contribution >= 0.6 is 15.9 Å². The molecular formula is C12H11BrN2O2. The van der Waals surface area contributed by atoms with Gasteiger partial charge in [0, 0.05) is 23.3 Å². The molecule has 0 saturated heterocycles. The number of ether oxygens (including phenoxy) is 1. The van der Waals surface area contributed by atoms with Crippen molar-refractivity contribution in [2.24, 2.45) is 7.05 Å². The molecule has 0 spiro atoms. The third-order valence-electron chi connectivity index (χ3n) is 2.25. The first-order valence-corrected chi connectivity index (χ1v) is 5.84. The molecule has 17 heavy (non-hydrogen) atoms. The average Bonchev–Trinajstić information content (AvgIpc) is 2.74. The fourth-order valence-corrected chi connectivity index (χ4v) is 1.74. The van der Waals surface area contributed by atoms with Crippen LogP contribution in [0.2, 0.25) is 0 Å². The summed E-state index contributed by atoms with van der Waals surface area (Å²) in [5.74, 6) is 0.654. The van der Waals surface area contributed by atoms with Crippen molar-refractivity contribution in [1.82, 2.24) is 9.78 Å². The van der Waals surface area contributed by atoms with Crippen LogP contribution in [-0.2, 0) is 13.7 Å². The predicted octanol–water partition coefficient (Wildman–Crippen LogP) is 2.57. The Kier molecular flexibility index (Phi) is 3.58. The number of carbonyl (C=O) groups is 1. The quantitative estimate of drug-likeness (QED) is 0.814. The summed E-state index contributed by atoms with van der Waals surface area (Å²) in [4.78, 5) is 10.8. The molecule has 2 rings (SSSR count). The van der Waals surface area contributed by atoms with E-state index in [1.165, 1.54) is 0 Å². The van der Waals surface area contributed by atoms with Gasteiger partial charge in [0.05, 0.1) is 5.69 Å². The van der Waals surface area contributed by atoms with Crippen molar-refractivity contribution >= 4 is 22.2 Å². The molecular weight excluding hydrogens is 284 g/mol. The SMILES string of the molecule is Cn1ccc(COc2ccc(Br)c(C=O)c2)n1. The van der Waals surface area contributed by atoms with Gasteiger partial charge >= 0.3 is 0 Å². The van der Waals surface area contributed by atoms with E-state index in [0.29, 0.717) is 17.9 Å². The highest BCUT2D eigenvalue weighted by Crippen LogP contribution is 2.21. The molecule has 5 heteroatoms. The Labute approximate surface area is 107 Å². The number of aldehydes is 1. The monoisotopic (exact) mass is 294 g/mol. The number of aryl methyl sites for hydroxylation is 1. The lowest BCUT2D eigenvalue weighted by atomic mass is 10.2. The lowest BCUT2D eigenvalue weighted by Crippen LogP contribution is -1.98. The molecule has 0 bridgehead atoms. The Bertz CT molecular complexity index is 537. The number of hydrogen-bond acceptors (Lipinski definition) is 3. The van der Waals surface area contributed by atoms with Crippen LogP contribution in [0, 0.1) is 0 Å². The first-order chi connectivity index (χ1) is 8.19. The maximum absolute atomic E-state index is 10.8. The van der Waals surface area contributed by atoms with Crippen molar-refractivity contribution in [3.63, 3.8) is 0 Å². The Morgan fingerprint density at radius 3 is 2.94 bits per heavy atom. The topological polar surface area (TPSA) is 44.1 Å². The minimum absolute atomic E-state index is 0.390. The van der Waals surface area contributed by atoms with E-state index in [9.17, 15) is 4.79 Å². The van der Waals surface area contributed by atoms with Crippen LogP contribution in [0.5, 0.6) is 5.75 Å². The molecule has 0 aliphatic heterocycles. The minimum atomic E-state index is 0.390. The van der Waals surface area contributed by atoms with Crippen LogP contribution in [0.1, 0.15) is 16.1 Å². The normalized spacial score (nSPS) is 10.2. The molecule has 0 saturated carbocycles. The summed E-state index contributed by atoms with van der Waals surface area (Å²) in [6.07, 6.45) is 2.65. The van der Waals surface area contributed by atoms with Crippen LogP contribution in [0.25, 0.3) is 0 Å². The van der Waals surface area contributed by atoms with Gasteiger partial charge in [-0.05, 0) is 24.3 Å². The maximum Gasteiger partial charge on any atom is 0.151 e. The second kappa shape index (κ2) is 5.14. The summed E-state index contributed by atoms with van der Waals surface area (Å²) >= 11 is 3.29. The minimum Gasteiger partial charge on any atom is -0.487 e. The predicted molar refractivity (Wildman–Crippen MR) is 67.1 cm³/mol. The smallest absolute Gasteiger partial charge is 0.151 e. The van der Waals surface area contributed by atoms with Crippen molar-refractivity contribution < 1.29 is 9.53 Å². The standard InChI is InChI=1S/C12H11BrN2O2/c1-15-5-4-10(14-15)8-17-11-2-3-12(13)9(6-11)7-16/h2-7H,8H2,1H3. The lowest BCUT2D eigenvalue weighted by Gasteiger charge is -2.05. The fraction of sp³-hybridized carbons (Fsp3) is 0.167. The zero-order valence-corrected chi connectivity index (χ0v) is 10.8. The maximum atomic E-state index is 10.8. The van der Waals surface area contributed by atoms with E-state index in [1.807, 2.05) is 19.3 Å². The summed E-state index contributed by atoms with van der Waals surface area (Å²) in [6.45, 7) is 0.390. The summed E-state index contributed by atoms with van der Waals surface area (Å²) in [5.41, 5.74) is 1.42. The van der Waals surface area contributed by atoms with E-state index in [-0.39, 0.29) is 0 Å². The second-order valence-electron chi connectivity index (χ2n) is 3.57. The molecule has 1 aromatic heterocycles. The van der Waals surface area contributed by atoms with E-state index in [2.05, 4.69) is 21.0 Å².